The Morgan fingerprint density at radius 3 is 2.73 bits per heavy atom. The number of nitrogens with one attached hydrogen (secondary N) is 2. The van der Waals surface area contributed by atoms with E-state index in [1.165, 1.54) is 45.2 Å². The van der Waals surface area contributed by atoms with Gasteiger partial charge in [-0.15, -0.1) is 24.0 Å². The summed E-state index contributed by atoms with van der Waals surface area (Å²) in [5.41, 5.74) is 0. The van der Waals surface area contributed by atoms with E-state index >= 15 is 0 Å². The number of likely N-dealkylation sites (tertiary alicyclic amines) is 1. The molecule has 0 bridgehead atoms. The second-order valence-electron chi connectivity index (χ2n) is 7.07. The lowest BCUT2D eigenvalue weighted by Gasteiger charge is -2.36. The van der Waals surface area contributed by atoms with Gasteiger partial charge in [0.15, 0.2) is 5.96 Å². The molecule has 7 heteroatoms. The summed E-state index contributed by atoms with van der Waals surface area (Å²) in [6.07, 6.45) is 7.66. The van der Waals surface area contributed by atoms with Crippen LogP contribution in [0.2, 0.25) is 0 Å². The Morgan fingerprint density at radius 2 is 2.04 bits per heavy atom. The van der Waals surface area contributed by atoms with E-state index in [0.717, 1.165) is 45.2 Å². The molecule has 1 aliphatic rings. The highest BCUT2D eigenvalue weighted by Gasteiger charge is 2.21. The Morgan fingerprint density at radius 1 is 1.23 bits per heavy atom. The Kier molecular flexibility index (Phi) is 16.9. The molecule has 0 saturated carbocycles. The molecule has 0 aromatic heterocycles. The molecule has 0 spiro atoms. The van der Waals surface area contributed by atoms with Crippen molar-refractivity contribution >= 4 is 29.9 Å². The van der Waals surface area contributed by atoms with Gasteiger partial charge in [0.1, 0.15) is 0 Å². The molecule has 2 N–H and O–H groups in total. The molecular formula is C19H42IN5O. The smallest absolute Gasteiger partial charge is 0.191 e. The summed E-state index contributed by atoms with van der Waals surface area (Å²) in [5.74, 6) is 0.923. The van der Waals surface area contributed by atoms with Gasteiger partial charge in [0, 0.05) is 53.0 Å². The van der Waals surface area contributed by atoms with Gasteiger partial charge in [0.25, 0.3) is 0 Å². The van der Waals surface area contributed by atoms with Crippen molar-refractivity contribution in [2.75, 3.05) is 67.1 Å². The summed E-state index contributed by atoms with van der Waals surface area (Å²) in [7, 11) is 5.77. The minimum Gasteiger partial charge on any atom is -0.385 e. The van der Waals surface area contributed by atoms with Crippen LogP contribution in [0.1, 0.15) is 45.4 Å². The number of hydrogen-bond donors (Lipinski definition) is 2. The fourth-order valence-corrected chi connectivity index (χ4v) is 3.34. The number of likely N-dealkylation sites (N-methyl/N-ethyl adjacent to an activating group) is 1. The van der Waals surface area contributed by atoms with Crippen molar-refractivity contribution in [1.82, 2.24) is 20.4 Å². The summed E-state index contributed by atoms with van der Waals surface area (Å²) in [6, 6.07) is 0.649. The quantitative estimate of drug-likeness (QED) is 0.193. The van der Waals surface area contributed by atoms with Crippen molar-refractivity contribution in [3.05, 3.63) is 0 Å². The van der Waals surface area contributed by atoms with E-state index in [1.54, 1.807) is 7.11 Å². The molecule has 0 aromatic rings. The van der Waals surface area contributed by atoms with Crippen molar-refractivity contribution in [2.45, 2.75) is 51.5 Å². The molecule has 0 amide bonds. The van der Waals surface area contributed by atoms with E-state index < -0.39 is 0 Å². The summed E-state index contributed by atoms with van der Waals surface area (Å²) >= 11 is 0. The van der Waals surface area contributed by atoms with Crippen LogP contribution in [0.25, 0.3) is 0 Å². The Balaban J connectivity index is 0.00000625. The Labute approximate surface area is 178 Å². The van der Waals surface area contributed by atoms with E-state index in [2.05, 4.69) is 39.4 Å². The zero-order valence-corrected chi connectivity index (χ0v) is 19.8. The van der Waals surface area contributed by atoms with Crippen LogP contribution >= 0.6 is 24.0 Å². The number of halogens is 1. The number of hydrogen-bond acceptors (Lipinski definition) is 4. The van der Waals surface area contributed by atoms with Crippen LogP contribution in [0, 0.1) is 0 Å². The van der Waals surface area contributed by atoms with Crippen molar-refractivity contribution < 1.29 is 4.74 Å². The zero-order chi connectivity index (χ0) is 18.3. The van der Waals surface area contributed by atoms with Crippen LogP contribution in [0.3, 0.4) is 0 Å². The lowest BCUT2D eigenvalue weighted by molar-refractivity contribution is 0.147. The molecule has 156 valence electrons. The molecule has 1 fully saturated rings. The van der Waals surface area contributed by atoms with Gasteiger partial charge >= 0.3 is 0 Å². The van der Waals surface area contributed by atoms with Gasteiger partial charge in [-0.25, -0.2) is 0 Å². The van der Waals surface area contributed by atoms with Gasteiger partial charge in [0.2, 0.25) is 0 Å². The first-order valence-corrected chi connectivity index (χ1v) is 10.1. The first-order valence-electron chi connectivity index (χ1n) is 10.1. The van der Waals surface area contributed by atoms with Crippen molar-refractivity contribution in [3.8, 4) is 0 Å². The molecular weight excluding hydrogens is 441 g/mol. The number of guanidine groups is 1. The van der Waals surface area contributed by atoms with Gasteiger partial charge in [-0.2, -0.15) is 0 Å². The maximum absolute atomic E-state index is 5.10. The topological polar surface area (TPSA) is 52.1 Å². The van der Waals surface area contributed by atoms with Gasteiger partial charge in [0.05, 0.1) is 0 Å². The standard InChI is InChI=1S/C19H41N5O.HI/c1-5-6-13-24-14-8-7-10-18(24)17-22-19(20-2)21-11-15-23(3)12-9-16-25-4;/h18H,5-17H2,1-4H3,(H2,20,21,22);1H. The van der Waals surface area contributed by atoms with E-state index in [-0.39, 0.29) is 24.0 Å². The van der Waals surface area contributed by atoms with Crippen LogP contribution in [0.4, 0.5) is 0 Å². The minimum atomic E-state index is 0. The van der Waals surface area contributed by atoms with E-state index in [9.17, 15) is 0 Å². The predicted octanol–water partition coefficient (Wildman–Crippen LogP) is 2.39. The van der Waals surface area contributed by atoms with Crippen molar-refractivity contribution in [3.63, 3.8) is 0 Å². The number of ether oxygens (including phenoxy) is 1. The first-order chi connectivity index (χ1) is 12.2. The van der Waals surface area contributed by atoms with Crippen LogP contribution in [0.15, 0.2) is 4.99 Å². The first kappa shape index (κ1) is 25.9. The molecule has 1 aliphatic heterocycles. The Bertz CT molecular complexity index is 357. The summed E-state index contributed by atoms with van der Waals surface area (Å²) < 4.78 is 5.10. The summed E-state index contributed by atoms with van der Waals surface area (Å²) in [6.45, 7) is 9.57. The fraction of sp³-hybridized carbons (Fsp3) is 0.947. The molecule has 1 rings (SSSR count). The zero-order valence-electron chi connectivity index (χ0n) is 17.4. The van der Waals surface area contributed by atoms with Crippen LogP contribution < -0.4 is 10.6 Å². The van der Waals surface area contributed by atoms with Gasteiger partial charge in [-0.05, 0) is 45.8 Å². The minimum absolute atomic E-state index is 0. The third-order valence-electron chi connectivity index (χ3n) is 4.95. The number of rotatable bonds is 12. The number of nitrogens with zero attached hydrogens (tertiary/aromatic N) is 3. The highest BCUT2D eigenvalue weighted by atomic mass is 127. The lowest BCUT2D eigenvalue weighted by Crippen LogP contribution is -2.50. The SMILES string of the molecule is CCCCN1CCCCC1CNC(=NC)NCCN(C)CCCOC.I. The maximum Gasteiger partial charge on any atom is 0.191 e. The molecule has 1 unspecified atom stereocenters. The Hall–Kier alpha value is -0.120. The number of unbranched alkanes of at least 4 members (excludes halogenated alkanes) is 1. The van der Waals surface area contributed by atoms with Crippen molar-refractivity contribution in [1.29, 1.82) is 0 Å². The predicted molar refractivity (Wildman–Crippen MR) is 123 cm³/mol. The average molecular weight is 483 g/mol. The molecule has 0 radical (unpaired) electrons. The molecule has 0 aliphatic carbocycles. The number of aliphatic imine (C=N–C) groups is 1. The van der Waals surface area contributed by atoms with E-state index in [0.29, 0.717) is 6.04 Å². The second kappa shape index (κ2) is 17.0. The average Bonchev–Trinajstić information content (AvgIpc) is 2.63. The molecule has 26 heavy (non-hydrogen) atoms. The van der Waals surface area contributed by atoms with Gasteiger partial charge in [-0.3, -0.25) is 9.89 Å². The third-order valence-corrected chi connectivity index (χ3v) is 4.95. The van der Waals surface area contributed by atoms with Gasteiger partial charge < -0.3 is 20.3 Å². The number of methoxy groups -OCH3 is 1. The summed E-state index contributed by atoms with van der Waals surface area (Å²) in [4.78, 5) is 9.36. The van der Waals surface area contributed by atoms with Gasteiger partial charge in [-0.1, -0.05) is 19.8 Å². The molecule has 1 atom stereocenters. The monoisotopic (exact) mass is 483 g/mol. The normalized spacial score (nSPS) is 18.7. The molecule has 6 nitrogen and oxygen atoms in total. The van der Waals surface area contributed by atoms with E-state index in [1.807, 2.05) is 7.05 Å². The summed E-state index contributed by atoms with van der Waals surface area (Å²) in [5, 5.41) is 6.97. The highest BCUT2D eigenvalue weighted by Crippen LogP contribution is 2.16. The molecule has 0 aromatic carbocycles. The van der Waals surface area contributed by atoms with Crippen LogP contribution in [-0.2, 0) is 4.74 Å². The molecule has 1 saturated heterocycles. The van der Waals surface area contributed by atoms with Crippen LogP contribution in [-0.4, -0.2) is 88.9 Å². The number of piperidine rings is 1. The largest absolute Gasteiger partial charge is 0.385 e. The fourth-order valence-electron chi connectivity index (χ4n) is 3.34. The lowest BCUT2D eigenvalue weighted by atomic mass is 10.0. The highest BCUT2D eigenvalue weighted by molar-refractivity contribution is 14.0. The third kappa shape index (κ3) is 11.6. The van der Waals surface area contributed by atoms with Crippen molar-refractivity contribution in [2.24, 2.45) is 4.99 Å². The maximum atomic E-state index is 5.10. The molecule has 1 heterocycles. The van der Waals surface area contributed by atoms with Crippen LogP contribution in [0.5, 0.6) is 0 Å². The second-order valence-corrected chi connectivity index (χ2v) is 7.07. The van der Waals surface area contributed by atoms with E-state index in [4.69, 9.17) is 4.74 Å².